The summed E-state index contributed by atoms with van der Waals surface area (Å²) in [5.74, 6) is -0.229. The SMILES string of the molecule is CC1CCC(N(C)C(=O)CNC(C)(C)C(=O)O)CC1. The maximum absolute atomic E-state index is 12.1. The molecule has 0 aromatic heterocycles. The lowest BCUT2D eigenvalue weighted by molar-refractivity contribution is -0.143. The molecule has 0 aromatic carbocycles. The molecule has 1 amide bonds. The largest absolute Gasteiger partial charge is 0.480 e. The summed E-state index contributed by atoms with van der Waals surface area (Å²) in [5, 5.41) is 11.8. The van der Waals surface area contributed by atoms with Gasteiger partial charge >= 0.3 is 5.97 Å². The standard InChI is InChI=1S/C14H26N2O3/c1-10-5-7-11(8-6-10)16(4)12(17)9-15-14(2,3)13(18)19/h10-11,15H,5-9H2,1-4H3,(H,18,19). The van der Waals surface area contributed by atoms with Crippen LogP contribution in [0.25, 0.3) is 0 Å². The number of hydrogen-bond donors (Lipinski definition) is 2. The van der Waals surface area contributed by atoms with Crippen molar-refractivity contribution in [3.8, 4) is 0 Å². The predicted molar refractivity (Wildman–Crippen MR) is 73.9 cm³/mol. The Hall–Kier alpha value is -1.10. The molecule has 0 aliphatic heterocycles. The van der Waals surface area contributed by atoms with Gasteiger partial charge in [-0.05, 0) is 45.4 Å². The molecule has 0 saturated heterocycles. The van der Waals surface area contributed by atoms with Crippen LogP contribution in [0.3, 0.4) is 0 Å². The van der Waals surface area contributed by atoms with Gasteiger partial charge in [-0.3, -0.25) is 14.9 Å². The van der Waals surface area contributed by atoms with Gasteiger partial charge in [0, 0.05) is 13.1 Å². The van der Waals surface area contributed by atoms with Crippen molar-refractivity contribution >= 4 is 11.9 Å². The summed E-state index contributed by atoms with van der Waals surface area (Å²) in [4.78, 5) is 24.8. The first-order valence-electron chi connectivity index (χ1n) is 6.98. The van der Waals surface area contributed by atoms with Crippen LogP contribution in [0.4, 0.5) is 0 Å². The van der Waals surface area contributed by atoms with Gasteiger partial charge in [-0.25, -0.2) is 0 Å². The summed E-state index contributed by atoms with van der Waals surface area (Å²) in [6.07, 6.45) is 4.42. The van der Waals surface area contributed by atoms with Crippen molar-refractivity contribution in [2.24, 2.45) is 5.92 Å². The molecule has 1 aliphatic rings. The first-order chi connectivity index (χ1) is 8.74. The molecule has 5 nitrogen and oxygen atoms in total. The number of carbonyl (C=O) groups excluding carboxylic acids is 1. The number of amides is 1. The maximum Gasteiger partial charge on any atom is 0.323 e. The molecule has 0 atom stereocenters. The average molecular weight is 270 g/mol. The first-order valence-corrected chi connectivity index (χ1v) is 6.98. The van der Waals surface area contributed by atoms with Crippen LogP contribution < -0.4 is 5.32 Å². The van der Waals surface area contributed by atoms with E-state index in [4.69, 9.17) is 5.11 Å². The second kappa shape index (κ2) is 6.37. The van der Waals surface area contributed by atoms with Crippen molar-refractivity contribution in [3.63, 3.8) is 0 Å². The maximum atomic E-state index is 12.1. The topological polar surface area (TPSA) is 69.6 Å². The number of hydrogen-bond acceptors (Lipinski definition) is 3. The van der Waals surface area contributed by atoms with E-state index in [0.717, 1.165) is 31.6 Å². The predicted octanol–water partition coefficient (Wildman–Crippen LogP) is 1.48. The lowest BCUT2D eigenvalue weighted by Crippen LogP contribution is -2.52. The van der Waals surface area contributed by atoms with E-state index in [2.05, 4.69) is 12.2 Å². The third-order valence-corrected chi connectivity index (χ3v) is 4.14. The lowest BCUT2D eigenvalue weighted by atomic mass is 9.87. The Bertz CT molecular complexity index is 334. The smallest absolute Gasteiger partial charge is 0.323 e. The summed E-state index contributed by atoms with van der Waals surface area (Å²) < 4.78 is 0. The van der Waals surface area contributed by atoms with Gasteiger partial charge in [-0.15, -0.1) is 0 Å². The molecular weight excluding hydrogens is 244 g/mol. The van der Waals surface area contributed by atoms with E-state index in [-0.39, 0.29) is 12.5 Å². The molecule has 0 unspecified atom stereocenters. The molecule has 1 fully saturated rings. The Kier molecular flexibility index (Phi) is 5.35. The minimum Gasteiger partial charge on any atom is -0.480 e. The van der Waals surface area contributed by atoms with Crippen LogP contribution in [0.15, 0.2) is 0 Å². The summed E-state index contributed by atoms with van der Waals surface area (Å²) >= 11 is 0. The van der Waals surface area contributed by atoms with Crippen molar-refractivity contribution < 1.29 is 14.7 Å². The molecule has 0 radical (unpaired) electrons. The van der Waals surface area contributed by atoms with Gasteiger partial charge in [0.15, 0.2) is 0 Å². The van der Waals surface area contributed by atoms with Gasteiger partial charge in [-0.1, -0.05) is 6.92 Å². The van der Waals surface area contributed by atoms with Gasteiger partial charge in [0.2, 0.25) is 5.91 Å². The van der Waals surface area contributed by atoms with E-state index in [1.165, 1.54) is 0 Å². The van der Waals surface area contributed by atoms with Gasteiger partial charge in [0.25, 0.3) is 0 Å². The molecule has 2 N–H and O–H groups in total. The number of likely N-dealkylation sites (N-methyl/N-ethyl adjacent to an activating group) is 1. The van der Waals surface area contributed by atoms with Crippen LogP contribution in [0.1, 0.15) is 46.5 Å². The van der Waals surface area contributed by atoms with E-state index in [1.807, 2.05) is 7.05 Å². The molecule has 1 aliphatic carbocycles. The molecule has 110 valence electrons. The fourth-order valence-corrected chi connectivity index (χ4v) is 2.33. The van der Waals surface area contributed by atoms with Crippen LogP contribution in [-0.4, -0.2) is 47.1 Å². The van der Waals surface area contributed by atoms with Crippen molar-refractivity contribution in [2.75, 3.05) is 13.6 Å². The Morgan fingerprint density at radius 3 is 2.26 bits per heavy atom. The summed E-state index contributed by atoms with van der Waals surface area (Å²) in [6, 6.07) is 0.304. The Labute approximate surface area is 115 Å². The fourth-order valence-electron chi connectivity index (χ4n) is 2.33. The van der Waals surface area contributed by atoms with Crippen LogP contribution in [0.5, 0.6) is 0 Å². The van der Waals surface area contributed by atoms with Gasteiger partial charge in [0.05, 0.1) is 6.54 Å². The lowest BCUT2D eigenvalue weighted by Gasteiger charge is -2.34. The van der Waals surface area contributed by atoms with Crippen molar-refractivity contribution in [1.82, 2.24) is 10.2 Å². The summed E-state index contributed by atoms with van der Waals surface area (Å²) in [7, 11) is 1.82. The van der Waals surface area contributed by atoms with Crippen LogP contribution in [0.2, 0.25) is 0 Å². The quantitative estimate of drug-likeness (QED) is 0.794. The zero-order valence-corrected chi connectivity index (χ0v) is 12.4. The van der Waals surface area contributed by atoms with Gasteiger partial charge in [-0.2, -0.15) is 0 Å². The molecule has 0 aromatic rings. The van der Waals surface area contributed by atoms with E-state index in [0.29, 0.717) is 6.04 Å². The van der Waals surface area contributed by atoms with Crippen LogP contribution >= 0.6 is 0 Å². The van der Waals surface area contributed by atoms with E-state index in [9.17, 15) is 9.59 Å². The number of nitrogens with one attached hydrogen (secondary N) is 1. The van der Waals surface area contributed by atoms with E-state index < -0.39 is 11.5 Å². The average Bonchev–Trinajstić information content (AvgIpc) is 2.36. The molecule has 0 heterocycles. The molecule has 5 heteroatoms. The fraction of sp³-hybridized carbons (Fsp3) is 0.857. The third kappa shape index (κ3) is 4.49. The minimum absolute atomic E-state index is 0.0334. The molecule has 19 heavy (non-hydrogen) atoms. The number of nitrogens with zero attached hydrogens (tertiary/aromatic N) is 1. The molecule has 1 rings (SSSR count). The highest BCUT2D eigenvalue weighted by molar-refractivity contribution is 5.81. The Morgan fingerprint density at radius 1 is 1.26 bits per heavy atom. The number of carboxylic acid groups (broad SMARTS) is 1. The summed E-state index contributed by atoms with van der Waals surface area (Å²) in [6.45, 7) is 5.44. The Balaban J connectivity index is 2.43. The van der Waals surface area contributed by atoms with Crippen LogP contribution in [0, 0.1) is 5.92 Å². The zero-order chi connectivity index (χ0) is 14.6. The second-order valence-corrected chi connectivity index (χ2v) is 6.20. The zero-order valence-electron chi connectivity index (χ0n) is 12.4. The minimum atomic E-state index is -1.07. The number of aliphatic carboxylic acids is 1. The highest BCUT2D eigenvalue weighted by Crippen LogP contribution is 2.26. The van der Waals surface area contributed by atoms with Crippen LogP contribution in [-0.2, 0) is 9.59 Å². The highest BCUT2D eigenvalue weighted by atomic mass is 16.4. The second-order valence-electron chi connectivity index (χ2n) is 6.20. The van der Waals surface area contributed by atoms with E-state index in [1.54, 1.807) is 18.7 Å². The third-order valence-electron chi connectivity index (χ3n) is 4.14. The van der Waals surface area contributed by atoms with Crippen molar-refractivity contribution in [1.29, 1.82) is 0 Å². The monoisotopic (exact) mass is 270 g/mol. The molecular formula is C14H26N2O3. The first kappa shape index (κ1) is 16.0. The Morgan fingerprint density at radius 2 is 1.79 bits per heavy atom. The number of carbonyl (C=O) groups is 2. The molecule has 1 saturated carbocycles. The van der Waals surface area contributed by atoms with Crippen molar-refractivity contribution in [3.05, 3.63) is 0 Å². The van der Waals surface area contributed by atoms with Gasteiger partial charge in [0.1, 0.15) is 5.54 Å². The molecule has 0 spiro atoms. The number of rotatable bonds is 5. The summed E-state index contributed by atoms with van der Waals surface area (Å²) in [5.41, 5.74) is -1.07. The highest BCUT2D eigenvalue weighted by Gasteiger charge is 2.29. The van der Waals surface area contributed by atoms with Crippen molar-refractivity contribution in [2.45, 2.75) is 58.0 Å². The normalized spacial score (nSPS) is 24.0. The van der Waals surface area contributed by atoms with Gasteiger partial charge < -0.3 is 10.0 Å². The molecule has 0 bridgehead atoms. The van der Waals surface area contributed by atoms with E-state index >= 15 is 0 Å². The number of carboxylic acids is 1.